The van der Waals surface area contributed by atoms with Crippen LogP contribution in [0.4, 0.5) is 0 Å². The topological polar surface area (TPSA) is 121 Å². The fourth-order valence-electron chi connectivity index (χ4n) is 2.90. The van der Waals surface area contributed by atoms with E-state index in [2.05, 4.69) is 4.40 Å². The van der Waals surface area contributed by atoms with Crippen molar-refractivity contribution in [1.29, 1.82) is 0 Å². The standard InChI is InChI=1S/C22H16N2O6S3/c25-17-13-11-16(12-14-17)15-20-21(26)24(33(29,30)19-9-5-2-6-10-19)22(31-20)23-32(27,28)18-7-3-1-4-8-18/h1-15,25H/b20-15?,23-22-. The van der Waals surface area contributed by atoms with Gasteiger partial charge in [-0.05, 0) is 59.8 Å². The Morgan fingerprint density at radius 2 is 1.33 bits per heavy atom. The molecule has 0 aromatic heterocycles. The lowest BCUT2D eigenvalue weighted by atomic mass is 10.2. The van der Waals surface area contributed by atoms with Crippen LogP contribution in [0.15, 0.2) is 104 Å². The first kappa shape index (κ1) is 22.8. The molecule has 1 saturated heterocycles. The van der Waals surface area contributed by atoms with Crippen molar-refractivity contribution in [2.45, 2.75) is 9.79 Å². The quantitative estimate of drug-likeness (QED) is 0.533. The smallest absolute Gasteiger partial charge is 0.284 e. The molecule has 3 aromatic carbocycles. The highest BCUT2D eigenvalue weighted by Gasteiger charge is 2.43. The predicted molar refractivity (Wildman–Crippen MR) is 125 cm³/mol. The number of benzene rings is 3. The van der Waals surface area contributed by atoms with Crippen LogP contribution in [0, 0.1) is 0 Å². The molecule has 0 bridgehead atoms. The molecule has 4 rings (SSSR count). The minimum absolute atomic E-state index is 0.0204. The molecule has 11 heteroatoms. The molecule has 1 aliphatic heterocycles. The summed E-state index contributed by atoms with van der Waals surface area (Å²) in [6.07, 6.45) is 1.40. The molecule has 3 aromatic rings. The molecule has 1 N–H and O–H groups in total. The Morgan fingerprint density at radius 1 is 0.788 bits per heavy atom. The zero-order valence-corrected chi connectivity index (χ0v) is 19.2. The molecule has 0 radical (unpaired) electrons. The Bertz CT molecular complexity index is 1470. The van der Waals surface area contributed by atoms with Crippen molar-refractivity contribution in [2.75, 3.05) is 0 Å². The second kappa shape index (κ2) is 8.85. The van der Waals surface area contributed by atoms with Crippen LogP contribution in [-0.2, 0) is 24.8 Å². The summed E-state index contributed by atoms with van der Waals surface area (Å²) >= 11 is 0.636. The highest BCUT2D eigenvalue weighted by Crippen LogP contribution is 2.37. The molecule has 0 aliphatic carbocycles. The second-order valence-corrected chi connectivity index (χ2v) is 11.2. The lowest BCUT2D eigenvalue weighted by Crippen LogP contribution is -2.36. The number of thioether (sulfide) groups is 1. The molecule has 0 saturated carbocycles. The number of nitrogens with zero attached hydrogens (tertiary/aromatic N) is 2. The minimum atomic E-state index is -4.44. The fraction of sp³-hybridized carbons (Fsp3) is 0. The predicted octanol–water partition coefficient (Wildman–Crippen LogP) is 3.44. The summed E-state index contributed by atoms with van der Waals surface area (Å²) < 4.78 is 56.3. The average molecular weight is 501 g/mol. The maximum atomic E-state index is 13.3. The van der Waals surface area contributed by atoms with Crippen LogP contribution in [0.5, 0.6) is 5.75 Å². The third-order valence-corrected chi connectivity index (χ3v) is 8.65. The molecular weight excluding hydrogens is 484 g/mol. The Kier molecular flexibility index (Phi) is 6.11. The lowest BCUT2D eigenvalue weighted by molar-refractivity contribution is -0.119. The summed E-state index contributed by atoms with van der Waals surface area (Å²) in [5.41, 5.74) is 0.507. The van der Waals surface area contributed by atoms with E-state index in [4.69, 9.17) is 0 Å². The van der Waals surface area contributed by atoms with Gasteiger partial charge >= 0.3 is 0 Å². The van der Waals surface area contributed by atoms with E-state index in [0.29, 0.717) is 21.6 Å². The van der Waals surface area contributed by atoms with Crippen LogP contribution < -0.4 is 0 Å². The van der Waals surface area contributed by atoms with E-state index in [1.807, 2.05) is 0 Å². The van der Waals surface area contributed by atoms with Gasteiger partial charge in [0.25, 0.3) is 26.0 Å². The van der Waals surface area contributed by atoms with E-state index in [1.54, 1.807) is 12.1 Å². The first-order valence-corrected chi connectivity index (χ1v) is 13.1. The largest absolute Gasteiger partial charge is 0.508 e. The molecule has 0 unspecified atom stereocenters. The van der Waals surface area contributed by atoms with E-state index in [1.165, 1.54) is 78.9 Å². The zero-order valence-electron chi connectivity index (χ0n) is 16.8. The highest BCUT2D eigenvalue weighted by molar-refractivity contribution is 8.20. The number of hydrogen-bond donors (Lipinski definition) is 1. The number of sulfonamides is 2. The Balaban J connectivity index is 1.85. The Morgan fingerprint density at radius 3 is 1.91 bits per heavy atom. The number of amides is 1. The molecule has 1 heterocycles. The molecule has 8 nitrogen and oxygen atoms in total. The monoisotopic (exact) mass is 500 g/mol. The van der Waals surface area contributed by atoms with E-state index >= 15 is 0 Å². The van der Waals surface area contributed by atoms with Crippen molar-refractivity contribution in [3.05, 3.63) is 95.4 Å². The minimum Gasteiger partial charge on any atom is -0.508 e. The van der Waals surface area contributed by atoms with Gasteiger partial charge in [0.1, 0.15) is 5.75 Å². The first-order chi connectivity index (χ1) is 15.7. The van der Waals surface area contributed by atoms with E-state index < -0.39 is 31.1 Å². The molecule has 0 atom stereocenters. The lowest BCUT2D eigenvalue weighted by Gasteiger charge is -2.15. The van der Waals surface area contributed by atoms with Crippen LogP contribution in [0.3, 0.4) is 0 Å². The Labute approximate surface area is 195 Å². The SMILES string of the molecule is O=C1C(=Cc2ccc(O)cc2)S/C(=N\S(=O)(=O)c2ccccc2)N1S(=O)(=O)c1ccccc1. The van der Waals surface area contributed by atoms with Crippen molar-refractivity contribution in [3.63, 3.8) is 0 Å². The number of carbonyl (C=O) groups excluding carboxylic acids is 1. The average Bonchev–Trinajstić information content (AvgIpc) is 3.11. The van der Waals surface area contributed by atoms with Gasteiger partial charge in [-0.15, -0.1) is 4.40 Å². The number of rotatable bonds is 5. The van der Waals surface area contributed by atoms with Gasteiger partial charge in [0.15, 0.2) is 0 Å². The third kappa shape index (κ3) is 4.70. The second-order valence-electron chi connectivity index (χ2n) is 6.75. The van der Waals surface area contributed by atoms with Gasteiger partial charge in [0.2, 0.25) is 5.17 Å². The number of amidine groups is 1. The normalized spacial score (nSPS) is 17.1. The van der Waals surface area contributed by atoms with Gasteiger partial charge in [-0.1, -0.05) is 48.5 Å². The van der Waals surface area contributed by atoms with Crippen LogP contribution >= 0.6 is 11.8 Å². The highest BCUT2D eigenvalue weighted by atomic mass is 32.2. The molecule has 0 spiro atoms. The molecule has 168 valence electrons. The maximum Gasteiger partial charge on any atom is 0.284 e. The fourth-order valence-corrected chi connectivity index (χ4v) is 6.76. The molecular formula is C22H16N2O6S3. The third-order valence-electron chi connectivity index (χ3n) is 4.48. The van der Waals surface area contributed by atoms with Crippen molar-refractivity contribution in [2.24, 2.45) is 4.40 Å². The van der Waals surface area contributed by atoms with Crippen molar-refractivity contribution in [1.82, 2.24) is 4.31 Å². The number of aromatic hydroxyl groups is 1. The number of hydrogen-bond acceptors (Lipinski definition) is 7. The molecule has 1 aliphatic rings. The summed E-state index contributed by atoms with van der Waals surface area (Å²) in [4.78, 5) is 12.8. The van der Waals surface area contributed by atoms with Crippen molar-refractivity contribution in [3.8, 4) is 5.75 Å². The van der Waals surface area contributed by atoms with Crippen molar-refractivity contribution < 1.29 is 26.7 Å². The van der Waals surface area contributed by atoms with Crippen LogP contribution in [0.2, 0.25) is 0 Å². The zero-order chi connectivity index (χ0) is 23.6. The van der Waals surface area contributed by atoms with Gasteiger partial charge in [0, 0.05) is 0 Å². The number of carbonyl (C=O) groups is 1. The van der Waals surface area contributed by atoms with Gasteiger partial charge in [-0.3, -0.25) is 4.79 Å². The van der Waals surface area contributed by atoms with Gasteiger partial charge in [0.05, 0.1) is 14.7 Å². The first-order valence-electron chi connectivity index (χ1n) is 9.42. The van der Waals surface area contributed by atoms with E-state index in [9.17, 15) is 26.7 Å². The van der Waals surface area contributed by atoms with Crippen molar-refractivity contribution >= 4 is 49.0 Å². The van der Waals surface area contributed by atoms with Gasteiger partial charge < -0.3 is 5.11 Å². The van der Waals surface area contributed by atoms with E-state index in [-0.39, 0.29) is 20.4 Å². The maximum absolute atomic E-state index is 13.3. The number of phenolic OH excluding ortho intramolecular Hbond substituents is 1. The van der Waals surface area contributed by atoms with Gasteiger partial charge in [-0.2, -0.15) is 12.7 Å². The van der Waals surface area contributed by atoms with Crippen LogP contribution in [-0.4, -0.2) is 37.3 Å². The summed E-state index contributed by atoms with van der Waals surface area (Å²) in [5, 5.41) is 8.95. The molecule has 1 fully saturated rings. The number of phenols is 1. The Hall–Kier alpha value is -3.41. The summed E-state index contributed by atoms with van der Waals surface area (Å²) in [7, 11) is -8.73. The van der Waals surface area contributed by atoms with Crippen LogP contribution in [0.1, 0.15) is 5.56 Å². The summed E-state index contributed by atoms with van der Waals surface area (Å²) in [6.45, 7) is 0. The molecule has 33 heavy (non-hydrogen) atoms. The summed E-state index contributed by atoms with van der Waals surface area (Å²) in [6, 6.07) is 20.4. The molecule has 1 amide bonds. The summed E-state index contributed by atoms with van der Waals surface area (Å²) in [5.74, 6) is -0.911. The van der Waals surface area contributed by atoms with Gasteiger partial charge in [-0.25, -0.2) is 8.42 Å². The van der Waals surface area contributed by atoms with E-state index in [0.717, 1.165) is 0 Å². The van der Waals surface area contributed by atoms with Crippen LogP contribution in [0.25, 0.3) is 6.08 Å².